The summed E-state index contributed by atoms with van der Waals surface area (Å²) in [6.45, 7) is 0.0610. The molecule has 2 heterocycles. The number of nitrogens with zero attached hydrogens (tertiary/aromatic N) is 2. The lowest BCUT2D eigenvalue weighted by Gasteiger charge is -2.19. The van der Waals surface area contributed by atoms with E-state index in [0.717, 1.165) is 38.5 Å². The van der Waals surface area contributed by atoms with Crippen LogP contribution in [0.2, 0.25) is 0 Å². The number of fused-ring (bicyclic) bond motifs is 3. The number of carbonyl (C=O) groups excluding carboxylic acids is 2. The first-order valence-corrected chi connectivity index (χ1v) is 11.6. The first-order valence-electron chi connectivity index (χ1n) is 10.7. The van der Waals surface area contributed by atoms with Crippen LogP contribution in [0.1, 0.15) is 34.0 Å². The predicted octanol–water partition coefficient (Wildman–Crippen LogP) is 3.16. The van der Waals surface area contributed by atoms with Crippen molar-refractivity contribution in [1.82, 2.24) is 9.88 Å². The van der Waals surface area contributed by atoms with Crippen molar-refractivity contribution < 1.29 is 29.3 Å². The fraction of sp³-hybridized carbons (Fsp3) is 0.250. The van der Waals surface area contributed by atoms with Crippen molar-refractivity contribution in [1.29, 1.82) is 0 Å². The van der Waals surface area contributed by atoms with Crippen LogP contribution in [-0.2, 0) is 9.53 Å². The van der Waals surface area contributed by atoms with E-state index in [1.54, 1.807) is 0 Å². The van der Waals surface area contributed by atoms with E-state index in [0.29, 0.717) is 0 Å². The van der Waals surface area contributed by atoms with Gasteiger partial charge in [0.15, 0.2) is 5.13 Å². The number of carboxylic acid groups (broad SMARTS) is 1. The minimum atomic E-state index is -1.18. The highest BCUT2D eigenvalue weighted by molar-refractivity contribution is 7.14. The molecule has 34 heavy (non-hydrogen) atoms. The third-order valence-corrected chi connectivity index (χ3v) is 6.86. The molecule has 2 atom stereocenters. The number of aliphatic carboxylic acids is 1. The Bertz CT molecular complexity index is 1230. The number of thiazole rings is 1. The molecule has 3 aromatic rings. The molecule has 9 nitrogen and oxygen atoms in total. The molecule has 0 saturated carbocycles. The number of carbonyl (C=O) groups is 3. The molecule has 1 fully saturated rings. The van der Waals surface area contributed by atoms with E-state index in [-0.39, 0.29) is 36.3 Å². The van der Waals surface area contributed by atoms with Gasteiger partial charge < -0.3 is 19.8 Å². The zero-order valence-corrected chi connectivity index (χ0v) is 18.7. The van der Waals surface area contributed by atoms with E-state index in [9.17, 15) is 24.6 Å². The summed E-state index contributed by atoms with van der Waals surface area (Å²) in [7, 11) is 0. The minimum absolute atomic E-state index is 0.000650. The summed E-state index contributed by atoms with van der Waals surface area (Å²) in [5, 5.41) is 23.2. The van der Waals surface area contributed by atoms with Crippen LogP contribution < -0.4 is 5.32 Å². The van der Waals surface area contributed by atoms with Crippen LogP contribution in [0.3, 0.4) is 0 Å². The summed E-state index contributed by atoms with van der Waals surface area (Å²) in [4.78, 5) is 41.7. The first-order chi connectivity index (χ1) is 16.4. The van der Waals surface area contributed by atoms with Crippen molar-refractivity contribution in [2.75, 3.05) is 18.5 Å². The van der Waals surface area contributed by atoms with Gasteiger partial charge >= 0.3 is 12.1 Å². The Morgan fingerprint density at radius 1 is 1.09 bits per heavy atom. The molecule has 1 aromatic heterocycles. The number of aliphatic hydroxyl groups excluding tert-OH is 1. The second kappa shape index (κ2) is 8.88. The van der Waals surface area contributed by atoms with Gasteiger partial charge in [0, 0.05) is 24.3 Å². The maximum atomic E-state index is 12.7. The number of anilines is 1. The summed E-state index contributed by atoms with van der Waals surface area (Å²) < 4.78 is 5.49. The number of aliphatic hydroxyl groups is 1. The van der Waals surface area contributed by atoms with Gasteiger partial charge in [0.1, 0.15) is 18.3 Å². The Balaban J connectivity index is 1.23. The lowest BCUT2D eigenvalue weighted by atomic mass is 9.98. The quantitative estimate of drug-likeness (QED) is 0.513. The van der Waals surface area contributed by atoms with Crippen molar-refractivity contribution in [2.45, 2.75) is 24.5 Å². The zero-order valence-electron chi connectivity index (χ0n) is 17.9. The Kier molecular flexibility index (Phi) is 5.76. The number of likely N-dealkylation sites (tertiary alicyclic amines) is 1. The molecule has 2 aromatic carbocycles. The van der Waals surface area contributed by atoms with Crippen molar-refractivity contribution in [3.05, 3.63) is 70.7 Å². The molecular formula is C24H21N3O6S. The van der Waals surface area contributed by atoms with Crippen LogP contribution in [-0.4, -0.2) is 63.4 Å². The van der Waals surface area contributed by atoms with E-state index in [1.807, 2.05) is 36.4 Å². The summed E-state index contributed by atoms with van der Waals surface area (Å²) in [5.41, 5.74) is 4.45. The van der Waals surface area contributed by atoms with Gasteiger partial charge in [-0.15, -0.1) is 11.3 Å². The molecular weight excluding hydrogens is 458 g/mol. The highest BCUT2D eigenvalue weighted by Crippen LogP contribution is 2.44. The van der Waals surface area contributed by atoms with E-state index < -0.39 is 30.1 Å². The maximum absolute atomic E-state index is 12.7. The number of aromatic nitrogens is 1. The SMILES string of the molecule is O=C(Nc1nc(C(=O)N2CC(O)C[C@H]2C(=O)O)cs1)OCC1c2ccccc2-c2ccccc21. The molecule has 0 spiro atoms. The highest BCUT2D eigenvalue weighted by atomic mass is 32.1. The van der Waals surface area contributed by atoms with Crippen LogP contribution in [0, 0.1) is 0 Å². The van der Waals surface area contributed by atoms with Crippen molar-refractivity contribution in [3.63, 3.8) is 0 Å². The average molecular weight is 480 g/mol. The zero-order chi connectivity index (χ0) is 23.8. The van der Waals surface area contributed by atoms with Gasteiger partial charge in [-0.3, -0.25) is 10.1 Å². The fourth-order valence-corrected chi connectivity index (χ4v) is 5.24. The molecule has 3 N–H and O–H groups in total. The number of amides is 2. The summed E-state index contributed by atoms with van der Waals surface area (Å²) in [6, 6.07) is 14.9. The van der Waals surface area contributed by atoms with Gasteiger partial charge in [-0.1, -0.05) is 48.5 Å². The van der Waals surface area contributed by atoms with Gasteiger partial charge in [0.05, 0.1) is 6.10 Å². The number of rotatable bonds is 5. The van der Waals surface area contributed by atoms with E-state index >= 15 is 0 Å². The number of ether oxygens (including phenoxy) is 1. The van der Waals surface area contributed by atoms with Gasteiger partial charge in [0.25, 0.3) is 5.91 Å². The number of hydrogen-bond acceptors (Lipinski definition) is 7. The van der Waals surface area contributed by atoms with Gasteiger partial charge in [-0.25, -0.2) is 14.6 Å². The molecule has 10 heteroatoms. The normalized spacial score (nSPS) is 18.9. The third-order valence-electron chi connectivity index (χ3n) is 6.10. The molecule has 2 amide bonds. The van der Waals surface area contributed by atoms with Crippen LogP contribution in [0.5, 0.6) is 0 Å². The number of hydrogen-bond donors (Lipinski definition) is 3. The number of β-amino-alcohol motifs (C(OH)–C–C–N with tert-alkyl or cyclic N) is 1. The maximum Gasteiger partial charge on any atom is 0.413 e. The van der Waals surface area contributed by atoms with Gasteiger partial charge in [0.2, 0.25) is 0 Å². The largest absolute Gasteiger partial charge is 0.480 e. The molecule has 5 rings (SSSR count). The third kappa shape index (κ3) is 4.02. The Hall–Kier alpha value is -3.76. The molecule has 1 aliphatic carbocycles. The molecule has 1 saturated heterocycles. The van der Waals surface area contributed by atoms with Gasteiger partial charge in [-0.05, 0) is 22.3 Å². The lowest BCUT2D eigenvalue weighted by Crippen LogP contribution is -2.40. The molecule has 2 aliphatic rings. The van der Waals surface area contributed by atoms with Crippen molar-refractivity contribution in [3.8, 4) is 11.1 Å². The van der Waals surface area contributed by atoms with Crippen LogP contribution >= 0.6 is 11.3 Å². The monoisotopic (exact) mass is 479 g/mol. The van der Waals surface area contributed by atoms with Gasteiger partial charge in [-0.2, -0.15) is 0 Å². The van der Waals surface area contributed by atoms with E-state index in [4.69, 9.17) is 4.74 Å². The van der Waals surface area contributed by atoms with Crippen LogP contribution in [0.4, 0.5) is 9.93 Å². The Morgan fingerprint density at radius 3 is 2.38 bits per heavy atom. The highest BCUT2D eigenvalue weighted by Gasteiger charge is 2.40. The lowest BCUT2D eigenvalue weighted by molar-refractivity contribution is -0.141. The number of nitrogens with one attached hydrogen (secondary N) is 1. The van der Waals surface area contributed by atoms with E-state index in [2.05, 4.69) is 22.4 Å². The number of carboxylic acids is 1. The molecule has 1 unspecified atom stereocenters. The van der Waals surface area contributed by atoms with Crippen LogP contribution in [0.15, 0.2) is 53.9 Å². The molecule has 0 bridgehead atoms. The van der Waals surface area contributed by atoms with E-state index in [1.165, 1.54) is 5.38 Å². The average Bonchev–Trinajstić information content (AvgIpc) is 3.53. The Labute approximate surface area is 198 Å². The molecule has 174 valence electrons. The summed E-state index contributed by atoms with van der Waals surface area (Å²) in [6.07, 6.45) is -1.63. The predicted molar refractivity (Wildman–Crippen MR) is 124 cm³/mol. The van der Waals surface area contributed by atoms with Crippen LogP contribution in [0.25, 0.3) is 11.1 Å². The second-order valence-corrected chi connectivity index (χ2v) is 9.05. The number of benzene rings is 2. The minimum Gasteiger partial charge on any atom is -0.480 e. The topological polar surface area (TPSA) is 129 Å². The van der Waals surface area contributed by atoms with Crippen molar-refractivity contribution >= 4 is 34.4 Å². The molecule has 0 radical (unpaired) electrons. The molecule has 1 aliphatic heterocycles. The Morgan fingerprint density at radius 2 is 1.74 bits per heavy atom. The second-order valence-electron chi connectivity index (χ2n) is 8.19. The summed E-state index contributed by atoms with van der Waals surface area (Å²) >= 11 is 1.03. The van der Waals surface area contributed by atoms with Crippen molar-refractivity contribution in [2.24, 2.45) is 0 Å². The summed E-state index contributed by atoms with van der Waals surface area (Å²) in [5.74, 6) is -1.88. The fourth-order valence-electron chi connectivity index (χ4n) is 4.57. The first kappa shape index (κ1) is 22.1. The smallest absolute Gasteiger partial charge is 0.413 e. The standard InChI is InChI=1S/C24H21N3O6S/c28-13-9-20(22(30)31)27(10-13)21(29)19-12-34-23(25-19)26-24(32)33-11-18-16-7-3-1-5-14(16)15-6-2-4-8-17(15)18/h1-8,12-13,18,20,28H,9-11H2,(H,30,31)(H,25,26,32)/t13?,20-/m0/s1.